The van der Waals surface area contributed by atoms with Crippen LogP contribution in [0.25, 0.3) is 22.6 Å². The number of benzene rings is 1. The molecule has 0 aliphatic heterocycles. The molecule has 3 N–H and O–H groups in total. The number of hydrogen-bond donors (Lipinski definition) is 2. The molecule has 0 bridgehead atoms. The number of nitrogen functional groups attached to an aromatic ring is 1. The summed E-state index contributed by atoms with van der Waals surface area (Å²) >= 11 is 0. The van der Waals surface area contributed by atoms with Crippen molar-refractivity contribution in [3.63, 3.8) is 0 Å². The highest BCUT2D eigenvalue weighted by atomic mass is 15.1. The number of nitrogens with one attached hydrogen (secondary N) is 1. The van der Waals surface area contributed by atoms with Crippen molar-refractivity contribution in [2.75, 3.05) is 24.7 Å². The van der Waals surface area contributed by atoms with Crippen LogP contribution in [-0.4, -0.2) is 29.0 Å². The molecule has 5 nitrogen and oxygen atoms in total. The normalized spacial score (nSPS) is 10.9. The minimum absolute atomic E-state index is 0.703. The van der Waals surface area contributed by atoms with Crippen molar-refractivity contribution >= 4 is 22.7 Å². The van der Waals surface area contributed by atoms with Gasteiger partial charge in [-0.05, 0) is 30.7 Å². The van der Waals surface area contributed by atoms with E-state index in [1.807, 2.05) is 56.3 Å². The van der Waals surface area contributed by atoms with Crippen molar-refractivity contribution in [2.45, 2.75) is 6.92 Å². The Balaban J connectivity index is 2.18. The number of hydrogen-bond acceptors (Lipinski definition) is 4. The van der Waals surface area contributed by atoms with Crippen molar-refractivity contribution in [1.82, 2.24) is 15.0 Å². The van der Waals surface area contributed by atoms with E-state index in [0.717, 1.165) is 34.0 Å². The molecular formula is C15H17N5. The zero-order chi connectivity index (χ0) is 14.3. The summed E-state index contributed by atoms with van der Waals surface area (Å²) in [4.78, 5) is 14.3. The molecule has 0 atom stereocenters. The van der Waals surface area contributed by atoms with E-state index in [1.165, 1.54) is 0 Å². The van der Waals surface area contributed by atoms with Crippen LogP contribution in [0.15, 0.2) is 30.3 Å². The van der Waals surface area contributed by atoms with Crippen molar-refractivity contribution in [1.29, 1.82) is 0 Å². The van der Waals surface area contributed by atoms with Crippen LogP contribution in [0.2, 0.25) is 0 Å². The molecule has 3 aromatic rings. The van der Waals surface area contributed by atoms with Crippen molar-refractivity contribution in [2.24, 2.45) is 0 Å². The summed E-state index contributed by atoms with van der Waals surface area (Å²) in [5, 5.41) is 0. The van der Waals surface area contributed by atoms with Gasteiger partial charge in [0, 0.05) is 25.3 Å². The Morgan fingerprint density at radius 3 is 2.60 bits per heavy atom. The van der Waals surface area contributed by atoms with Crippen LogP contribution in [-0.2, 0) is 0 Å². The van der Waals surface area contributed by atoms with E-state index in [1.54, 1.807) is 0 Å². The Morgan fingerprint density at radius 1 is 1.10 bits per heavy atom. The molecular weight excluding hydrogens is 250 g/mol. The average Bonchev–Trinajstić information content (AvgIpc) is 2.80. The molecule has 0 saturated carbocycles. The monoisotopic (exact) mass is 267 g/mol. The molecule has 2 aromatic heterocycles. The lowest BCUT2D eigenvalue weighted by Gasteiger charge is -2.09. The van der Waals surface area contributed by atoms with E-state index >= 15 is 0 Å². The SMILES string of the molecule is Cc1cccc(N)c1-c1nc2nc(N(C)C)ccc2[nH]1. The van der Waals surface area contributed by atoms with Gasteiger partial charge in [0.25, 0.3) is 0 Å². The van der Waals surface area contributed by atoms with E-state index in [4.69, 9.17) is 5.73 Å². The predicted molar refractivity (Wildman–Crippen MR) is 82.8 cm³/mol. The van der Waals surface area contributed by atoms with Gasteiger partial charge in [-0.1, -0.05) is 12.1 Å². The summed E-state index contributed by atoms with van der Waals surface area (Å²) in [5.74, 6) is 1.65. The first-order chi connectivity index (χ1) is 9.56. The lowest BCUT2D eigenvalue weighted by molar-refractivity contribution is 1.08. The Hall–Kier alpha value is -2.56. The molecule has 1 aromatic carbocycles. The Kier molecular flexibility index (Phi) is 2.82. The first-order valence-electron chi connectivity index (χ1n) is 6.46. The number of fused-ring (bicyclic) bond motifs is 1. The second-order valence-electron chi connectivity index (χ2n) is 5.06. The van der Waals surface area contributed by atoms with Crippen LogP contribution >= 0.6 is 0 Å². The summed E-state index contributed by atoms with van der Waals surface area (Å²) in [7, 11) is 3.92. The number of aromatic amines is 1. The van der Waals surface area contributed by atoms with Crippen molar-refractivity contribution in [3.8, 4) is 11.4 Å². The van der Waals surface area contributed by atoms with Crippen molar-refractivity contribution < 1.29 is 0 Å². The highest BCUT2D eigenvalue weighted by molar-refractivity contribution is 5.82. The number of imidazole rings is 1. The molecule has 5 heteroatoms. The maximum atomic E-state index is 6.06. The van der Waals surface area contributed by atoms with Gasteiger partial charge in [-0.3, -0.25) is 0 Å². The van der Waals surface area contributed by atoms with Gasteiger partial charge in [0.2, 0.25) is 0 Å². The molecule has 0 fully saturated rings. The Morgan fingerprint density at radius 2 is 1.90 bits per heavy atom. The van der Waals surface area contributed by atoms with Crippen LogP contribution in [0, 0.1) is 6.92 Å². The predicted octanol–water partition coefficient (Wildman–Crippen LogP) is 2.58. The standard InChI is InChI=1S/C15H17N5/c1-9-5-4-6-10(16)13(9)15-17-11-7-8-12(20(2)3)18-14(11)19-15/h4-8H,16H2,1-3H3,(H,17,18,19). The summed E-state index contributed by atoms with van der Waals surface area (Å²) in [6.07, 6.45) is 0. The molecule has 2 heterocycles. The van der Waals surface area contributed by atoms with Gasteiger partial charge in [0.15, 0.2) is 5.65 Å². The Labute approximate surface area is 117 Å². The van der Waals surface area contributed by atoms with Crippen LogP contribution in [0.3, 0.4) is 0 Å². The quantitative estimate of drug-likeness (QED) is 0.700. The topological polar surface area (TPSA) is 70.8 Å². The fraction of sp³-hybridized carbons (Fsp3) is 0.200. The van der Waals surface area contributed by atoms with E-state index in [0.29, 0.717) is 5.65 Å². The number of rotatable bonds is 2. The number of H-pyrrole nitrogens is 1. The molecule has 102 valence electrons. The van der Waals surface area contributed by atoms with E-state index in [9.17, 15) is 0 Å². The number of aromatic nitrogens is 3. The molecule has 0 saturated heterocycles. The highest BCUT2D eigenvalue weighted by Gasteiger charge is 2.12. The highest BCUT2D eigenvalue weighted by Crippen LogP contribution is 2.28. The van der Waals surface area contributed by atoms with Crippen LogP contribution in [0.1, 0.15) is 5.56 Å². The maximum Gasteiger partial charge on any atom is 0.180 e. The number of nitrogens with zero attached hydrogens (tertiary/aromatic N) is 3. The number of anilines is 2. The van der Waals surface area contributed by atoms with Gasteiger partial charge in [-0.15, -0.1) is 0 Å². The van der Waals surface area contributed by atoms with Gasteiger partial charge in [0.05, 0.1) is 5.52 Å². The van der Waals surface area contributed by atoms with E-state index in [2.05, 4.69) is 15.0 Å². The summed E-state index contributed by atoms with van der Waals surface area (Å²) in [6.45, 7) is 2.03. The largest absolute Gasteiger partial charge is 0.398 e. The van der Waals surface area contributed by atoms with Gasteiger partial charge in [-0.2, -0.15) is 0 Å². The molecule has 0 amide bonds. The van der Waals surface area contributed by atoms with Gasteiger partial charge in [0.1, 0.15) is 11.6 Å². The molecule has 0 aliphatic rings. The lowest BCUT2D eigenvalue weighted by Crippen LogP contribution is -2.10. The molecule has 0 unspecified atom stereocenters. The fourth-order valence-corrected chi connectivity index (χ4v) is 2.26. The lowest BCUT2D eigenvalue weighted by atomic mass is 10.1. The van der Waals surface area contributed by atoms with Crippen LogP contribution < -0.4 is 10.6 Å². The van der Waals surface area contributed by atoms with Gasteiger partial charge >= 0.3 is 0 Å². The number of aryl methyl sites for hydroxylation is 1. The molecule has 3 rings (SSSR count). The summed E-state index contributed by atoms with van der Waals surface area (Å²) in [6, 6.07) is 9.80. The van der Waals surface area contributed by atoms with Crippen molar-refractivity contribution in [3.05, 3.63) is 35.9 Å². The van der Waals surface area contributed by atoms with Crippen LogP contribution in [0.4, 0.5) is 11.5 Å². The number of nitrogens with two attached hydrogens (primary N) is 1. The average molecular weight is 267 g/mol. The van der Waals surface area contributed by atoms with E-state index in [-0.39, 0.29) is 0 Å². The summed E-state index contributed by atoms with van der Waals surface area (Å²) < 4.78 is 0. The smallest absolute Gasteiger partial charge is 0.180 e. The second-order valence-corrected chi connectivity index (χ2v) is 5.06. The maximum absolute atomic E-state index is 6.06. The zero-order valence-electron chi connectivity index (χ0n) is 11.8. The summed E-state index contributed by atoms with van der Waals surface area (Å²) in [5.41, 5.74) is 10.4. The first kappa shape index (κ1) is 12.5. The van der Waals surface area contributed by atoms with E-state index < -0.39 is 0 Å². The minimum atomic E-state index is 0.703. The first-order valence-corrected chi connectivity index (χ1v) is 6.46. The molecule has 0 spiro atoms. The molecule has 20 heavy (non-hydrogen) atoms. The third-order valence-corrected chi connectivity index (χ3v) is 3.33. The zero-order valence-corrected chi connectivity index (χ0v) is 11.8. The molecule has 0 aliphatic carbocycles. The van der Waals surface area contributed by atoms with Gasteiger partial charge in [-0.25, -0.2) is 9.97 Å². The van der Waals surface area contributed by atoms with Gasteiger partial charge < -0.3 is 15.6 Å². The third-order valence-electron chi connectivity index (χ3n) is 3.33. The molecule has 0 radical (unpaired) electrons. The van der Waals surface area contributed by atoms with Crippen LogP contribution in [0.5, 0.6) is 0 Å². The number of pyridine rings is 1. The Bertz CT molecular complexity index is 753. The minimum Gasteiger partial charge on any atom is -0.398 e. The second kappa shape index (κ2) is 4.52. The third kappa shape index (κ3) is 1.97. The fourth-order valence-electron chi connectivity index (χ4n) is 2.26.